The fraction of sp³-hybridized carbons (Fsp3) is 0.533. The van der Waals surface area contributed by atoms with Crippen molar-refractivity contribution in [2.75, 3.05) is 20.6 Å². The SMILES string of the molecule is CC(CN(C)C)NC(=O)c1cccnc1C(=O)C(C)C. The molecule has 20 heavy (non-hydrogen) atoms. The summed E-state index contributed by atoms with van der Waals surface area (Å²) in [7, 11) is 3.89. The number of ketones is 1. The van der Waals surface area contributed by atoms with Crippen LogP contribution in [0.25, 0.3) is 0 Å². The van der Waals surface area contributed by atoms with E-state index in [9.17, 15) is 9.59 Å². The lowest BCUT2D eigenvalue weighted by Gasteiger charge is -2.19. The number of amides is 1. The first-order valence-electron chi connectivity index (χ1n) is 6.77. The topological polar surface area (TPSA) is 62.3 Å². The fourth-order valence-electron chi connectivity index (χ4n) is 1.95. The van der Waals surface area contributed by atoms with Gasteiger partial charge in [0.1, 0.15) is 5.69 Å². The van der Waals surface area contributed by atoms with Gasteiger partial charge >= 0.3 is 0 Å². The molecule has 1 aromatic heterocycles. The maximum absolute atomic E-state index is 12.3. The number of likely N-dealkylation sites (N-methyl/N-ethyl adjacent to an activating group) is 1. The lowest BCUT2D eigenvalue weighted by molar-refractivity contribution is 0.0898. The van der Waals surface area contributed by atoms with E-state index in [0.717, 1.165) is 6.54 Å². The second kappa shape index (κ2) is 7.14. The Balaban J connectivity index is 2.91. The van der Waals surface area contributed by atoms with E-state index >= 15 is 0 Å². The van der Waals surface area contributed by atoms with E-state index in [4.69, 9.17) is 0 Å². The first kappa shape index (κ1) is 16.3. The molecule has 0 aromatic carbocycles. The summed E-state index contributed by atoms with van der Waals surface area (Å²) in [4.78, 5) is 30.4. The summed E-state index contributed by atoms with van der Waals surface area (Å²) in [6.45, 7) is 6.26. The molecule has 0 spiro atoms. The van der Waals surface area contributed by atoms with Crippen LogP contribution in [0.15, 0.2) is 18.3 Å². The highest BCUT2D eigenvalue weighted by Gasteiger charge is 2.21. The Kier molecular flexibility index (Phi) is 5.82. The first-order valence-corrected chi connectivity index (χ1v) is 6.77. The number of hydrogen-bond acceptors (Lipinski definition) is 4. The van der Waals surface area contributed by atoms with Crippen LogP contribution in [0.4, 0.5) is 0 Å². The van der Waals surface area contributed by atoms with E-state index in [1.54, 1.807) is 26.0 Å². The van der Waals surface area contributed by atoms with Gasteiger partial charge < -0.3 is 10.2 Å². The second-order valence-corrected chi connectivity index (χ2v) is 5.56. The Bertz CT molecular complexity index is 484. The van der Waals surface area contributed by atoms with Crippen LogP contribution in [0.2, 0.25) is 0 Å². The molecule has 0 aliphatic rings. The summed E-state index contributed by atoms with van der Waals surface area (Å²) in [5.41, 5.74) is 0.592. The Labute approximate surface area is 120 Å². The standard InChI is InChI=1S/C15H23N3O2/c1-10(2)14(19)13-12(7-6-8-16-13)15(20)17-11(3)9-18(4)5/h6-8,10-11H,9H2,1-5H3,(H,17,20). The van der Waals surface area contributed by atoms with Crippen LogP contribution < -0.4 is 5.32 Å². The molecule has 0 aliphatic carbocycles. The third kappa shape index (κ3) is 4.42. The number of carbonyl (C=O) groups is 2. The van der Waals surface area contributed by atoms with Crippen molar-refractivity contribution in [2.24, 2.45) is 5.92 Å². The molecule has 1 atom stereocenters. The van der Waals surface area contributed by atoms with E-state index in [-0.39, 0.29) is 29.3 Å². The molecule has 1 heterocycles. The molecule has 1 unspecified atom stereocenters. The molecular weight excluding hydrogens is 254 g/mol. The van der Waals surface area contributed by atoms with Crippen LogP contribution in [-0.4, -0.2) is 48.3 Å². The largest absolute Gasteiger partial charge is 0.348 e. The van der Waals surface area contributed by atoms with E-state index < -0.39 is 0 Å². The van der Waals surface area contributed by atoms with Crippen molar-refractivity contribution in [3.63, 3.8) is 0 Å². The summed E-state index contributed by atoms with van der Waals surface area (Å²) in [5, 5.41) is 2.89. The van der Waals surface area contributed by atoms with E-state index in [1.807, 2.05) is 25.9 Å². The average Bonchev–Trinajstić information content (AvgIpc) is 2.36. The minimum Gasteiger partial charge on any atom is -0.348 e. The zero-order valence-electron chi connectivity index (χ0n) is 12.8. The molecule has 0 saturated heterocycles. The van der Waals surface area contributed by atoms with Gasteiger partial charge in [0.2, 0.25) is 0 Å². The molecule has 1 rings (SSSR count). The minimum absolute atomic E-state index is 0.000270. The number of Topliss-reactive ketones (excluding diaryl/α,β-unsaturated/α-hetero) is 1. The van der Waals surface area contributed by atoms with Crippen LogP contribution in [0.3, 0.4) is 0 Å². The van der Waals surface area contributed by atoms with Crippen LogP contribution in [-0.2, 0) is 0 Å². The van der Waals surface area contributed by atoms with Gasteiger partial charge in [-0.25, -0.2) is 0 Å². The van der Waals surface area contributed by atoms with Crippen LogP contribution in [0, 0.1) is 5.92 Å². The predicted molar refractivity (Wildman–Crippen MR) is 78.9 cm³/mol. The van der Waals surface area contributed by atoms with Crippen molar-refractivity contribution >= 4 is 11.7 Å². The van der Waals surface area contributed by atoms with Crippen molar-refractivity contribution in [2.45, 2.75) is 26.8 Å². The first-order chi connectivity index (χ1) is 9.32. The lowest BCUT2D eigenvalue weighted by atomic mass is 10.0. The normalized spacial score (nSPS) is 12.6. The molecule has 0 saturated carbocycles. The molecular formula is C15H23N3O2. The van der Waals surface area contributed by atoms with Gasteiger partial charge in [-0.15, -0.1) is 0 Å². The lowest BCUT2D eigenvalue weighted by Crippen LogP contribution is -2.40. The average molecular weight is 277 g/mol. The second-order valence-electron chi connectivity index (χ2n) is 5.56. The monoisotopic (exact) mass is 277 g/mol. The molecule has 1 amide bonds. The van der Waals surface area contributed by atoms with Crippen LogP contribution >= 0.6 is 0 Å². The van der Waals surface area contributed by atoms with Gasteiger partial charge in [0.25, 0.3) is 5.91 Å². The highest BCUT2D eigenvalue weighted by Crippen LogP contribution is 2.11. The summed E-state index contributed by atoms with van der Waals surface area (Å²) in [6, 6.07) is 3.31. The molecule has 1 aromatic rings. The van der Waals surface area contributed by atoms with Crippen molar-refractivity contribution in [3.8, 4) is 0 Å². The zero-order valence-corrected chi connectivity index (χ0v) is 12.8. The van der Waals surface area contributed by atoms with Crippen LogP contribution in [0.5, 0.6) is 0 Å². The third-order valence-electron chi connectivity index (χ3n) is 2.83. The Morgan fingerprint density at radius 2 is 1.95 bits per heavy atom. The Morgan fingerprint density at radius 3 is 2.50 bits per heavy atom. The van der Waals surface area contributed by atoms with Gasteiger partial charge in [0.15, 0.2) is 5.78 Å². The Hall–Kier alpha value is -1.75. The number of carbonyl (C=O) groups excluding carboxylic acids is 2. The molecule has 0 radical (unpaired) electrons. The summed E-state index contributed by atoms with van der Waals surface area (Å²) >= 11 is 0. The molecule has 1 N–H and O–H groups in total. The maximum atomic E-state index is 12.3. The number of pyridine rings is 1. The summed E-state index contributed by atoms with van der Waals surface area (Å²) < 4.78 is 0. The minimum atomic E-state index is -0.253. The van der Waals surface area contributed by atoms with Gasteiger partial charge in [-0.1, -0.05) is 13.8 Å². The quantitative estimate of drug-likeness (QED) is 0.802. The molecule has 0 aliphatic heterocycles. The molecule has 110 valence electrons. The van der Waals surface area contributed by atoms with E-state index in [2.05, 4.69) is 10.3 Å². The molecule has 0 bridgehead atoms. The van der Waals surface area contributed by atoms with Gasteiger partial charge in [0, 0.05) is 24.7 Å². The van der Waals surface area contributed by atoms with Gasteiger partial charge in [0.05, 0.1) is 5.56 Å². The zero-order chi connectivity index (χ0) is 15.3. The number of nitrogens with one attached hydrogen (secondary N) is 1. The van der Waals surface area contributed by atoms with Gasteiger partial charge in [-0.05, 0) is 33.2 Å². The summed E-state index contributed by atoms with van der Waals surface area (Å²) in [5.74, 6) is -0.553. The van der Waals surface area contributed by atoms with Crippen molar-refractivity contribution < 1.29 is 9.59 Å². The Morgan fingerprint density at radius 1 is 1.30 bits per heavy atom. The number of hydrogen-bond donors (Lipinski definition) is 1. The third-order valence-corrected chi connectivity index (χ3v) is 2.83. The van der Waals surface area contributed by atoms with Gasteiger partial charge in [-0.3, -0.25) is 14.6 Å². The smallest absolute Gasteiger partial charge is 0.253 e. The van der Waals surface area contributed by atoms with Crippen LogP contribution in [0.1, 0.15) is 41.6 Å². The number of rotatable bonds is 6. The van der Waals surface area contributed by atoms with Crippen molar-refractivity contribution in [1.82, 2.24) is 15.2 Å². The molecule has 5 heteroatoms. The van der Waals surface area contributed by atoms with Gasteiger partial charge in [-0.2, -0.15) is 0 Å². The van der Waals surface area contributed by atoms with E-state index in [0.29, 0.717) is 5.56 Å². The van der Waals surface area contributed by atoms with E-state index in [1.165, 1.54) is 6.20 Å². The predicted octanol–water partition coefficient (Wildman–Crippen LogP) is 1.60. The summed E-state index contributed by atoms with van der Waals surface area (Å²) in [6.07, 6.45) is 1.54. The maximum Gasteiger partial charge on any atom is 0.253 e. The van der Waals surface area contributed by atoms with Crippen molar-refractivity contribution in [3.05, 3.63) is 29.6 Å². The molecule has 0 fully saturated rings. The highest BCUT2D eigenvalue weighted by atomic mass is 16.2. The number of nitrogens with zero attached hydrogens (tertiary/aromatic N) is 2. The number of aromatic nitrogens is 1. The fourth-order valence-corrected chi connectivity index (χ4v) is 1.95. The highest BCUT2D eigenvalue weighted by molar-refractivity contribution is 6.07. The molecule has 5 nitrogen and oxygen atoms in total. The van der Waals surface area contributed by atoms with Crippen molar-refractivity contribution in [1.29, 1.82) is 0 Å².